The van der Waals surface area contributed by atoms with Gasteiger partial charge in [0.05, 0.1) is 16.7 Å². The zero-order chi connectivity index (χ0) is 32.0. The molecule has 9 rings (SSSR count). The molecule has 230 valence electrons. The maximum Gasteiger partial charge on any atom is 0.198 e. The summed E-state index contributed by atoms with van der Waals surface area (Å²) in [7, 11) is 2.08. The van der Waals surface area contributed by atoms with Gasteiger partial charge in [0.1, 0.15) is 5.75 Å². The molecule has 1 aromatic heterocycles. The highest BCUT2D eigenvalue weighted by atomic mass is 16.5. The molecule has 2 heterocycles. The Morgan fingerprint density at radius 3 is 1.77 bits per heavy atom. The first kappa shape index (κ1) is 28.0. The lowest BCUT2D eigenvalue weighted by molar-refractivity contribution is 0.235. The van der Waals surface area contributed by atoms with Gasteiger partial charge in [0.2, 0.25) is 0 Å². The monoisotopic (exact) mass is 619 g/mol. The molecule has 0 aliphatic carbocycles. The van der Waals surface area contributed by atoms with Crippen LogP contribution in [-0.4, -0.2) is 11.6 Å². The Kier molecular flexibility index (Phi) is 6.72. The predicted molar refractivity (Wildman–Crippen MR) is 199 cm³/mol. The third-order valence-electron chi connectivity index (χ3n) is 9.43. The molecule has 0 saturated carbocycles. The van der Waals surface area contributed by atoms with Crippen LogP contribution >= 0.6 is 0 Å². The van der Waals surface area contributed by atoms with Crippen molar-refractivity contribution in [3.8, 4) is 22.6 Å². The molecule has 1 aliphatic heterocycles. The van der Waals surface area contributed by atoms with E-state index in [1.54, 1.807) is 0 Å². The highest BCUT2D eigenvalue weighted by molar-refractivity contribution is 6.10. The molecule has 0 radical (unpaired) electrons. The Morgan fingerprint density at radius 2 is 1.08 bits per heavy atom. The number of benzene rings is 7. The van der Waals surface area contributed by atoms with E-state index in [1.165, 1.54) is 32.9 Å². The quantitative estimate of drug-likeness (QED) is 0.185. The number of para-hydroxylation sites is 5. The number of hydrogen-bond donors (Lipinski definition) is 0. The van der Waals surface area contributed by atoms with Gasteiger partial charge >= 0.3 is 0 Å². The van der Waals surface area contributed by atoms with Crippen molar-refractivity contribution in [2.45, 2.75) is 6.23 Å². The summed E-state index contributed by atoms with van der Waals surface area (Å²) in [6.07, 6.45) is -0.123. The second-order valence-corrected chi connectivity index (χ2v) is 12.3. The standard InChI is InChI=1S/C44H33N3O/c1-45-42-18-10-11-19-43(42)48-44(45)33-22-20-31(21-23-33)32-24-26-36(27-25-32)47-40-17-9-8-16-38(40)39-30-37(28-29-41(39)47)46(34-12-4-2-5-13-34)35-14-6-3-7-15-35/h2-30,44H,1H3. The van der Waals surface area contributed by atoms with E-state index in [2.05, 4.69) is 185 Å². The van der Waals surface area contributed by atoms with E-state index in [-0.39, 0.29) is 6.23 Å². The van der Waals surface area contributed by atoms with Crippen LogP contribution in [-0.2, 0) is 0 Å². The van der Waals surface area contributed by atoms with Crippen LogP contribution in [0.5, 0.6) is 5.75 Å². The van der Waals surface area contributed by atoms with Gasteiger partial charge in [-0.2, -0.15) is 0 Å². The maximum atomic E-state index is 6.26. The Hall–Kier alpha value is -6.26. The summed E-state index contributed by atoms with van der Waals surface area (Å²) in [4.78, 5) is 4.51. The molecule has 7 aromatic carbocycles. The second-order valence-electron chi connectivity index (χ2n) is 12.3. The van der Waals surface area contributed by atoms with E-state index < -0.39 is 0 Å². The Balaban J connectivity index is 1.06. The highest BCUT2D eigenvalue weighted by Crippen LogP contribution is 2.43. The van der Waals surface area contributed by atoms with E-state index >= 15 is 0 Å². The summed E-state index contributed by atoms with van der Waals surface area (Å²) in [6.45, 7) is 0. The molecule has 8 aromatic rings. The summed E-state index contributed by atoms with van der Waals surface area (Å²) in [5, 5.41) is 2.46. The molecule has 1 unspecified atom stereocenters. The first-order valence-electron chi connectivity index (χ1n) is 16.4. The second kappa shape index (κ2) is 11.5. The van der Waals surface area contributed by atoms with Gasteiger partial charge in [-0.3, -0.25) is 0 Å². The molecular weight excluding hydrogens is 587 g/mol. The number of anilines is 4. The zero-order valence-corrected chi connectivity index (χ0v) is 26.6. The van der Waals surface area contributed by atoms with E-state index in [0.717, 1.165) is 39.7 Å². The van der Waals surface area contributed by atoms with Gasteiger partial charge in [0, 0.05) is 46.1 Å². The summed E-state index contributed by atoms with van der Waals surface area (Å²) in [6, 6.07) is 62.5. The molecule has 0 spiro atoms. The van der Waals surface area contributed by atoms with Crippen LogP contribution in [0.4, 0.5) is 22.7 Å². The minimum Gasteiger partial charge on any atom is -0.464 e. The predicted octanol–water partition coefficient (Wildman–Crippen LogP) is 11.4. The normalized spacial score (nSPS) is 13.9. The molecule has 0 saturated heterocycles. The molecule has 4 nitrogen and oxygen atoms in total. The van der Waals surface area contributed by atoms with Crippen molar-refractivity contribution in [3.63, 3.8) is 0 Å². The van der Waals surface area contributed by atoms with Gasteiger partial charge in [0.25, 0.3) is 0 Å². The first-order valence-corrected chi connectivity index (χ1v) is 16.4. The number of nitrogens with zero attached hydrogens (tertiary/aromatic N) is 3. The van der Waals surface area contributed by atoms with Gasteiger partial charge < -0.3 is 19.1 Å². The lowest BCUT2D eigenvalue weighted by Crippen LogP contribution is -2.22. The molecule has 4 heteroatoms. The van der Waals surface area contributed by atoms with Crippen LogP contribution in [0.25, 0.3) is 38.6 Å². The van der Waals surface area contributed by atoms with Crippen molar-refractivity contribution in [1.29, 1.82) is 0 Å². The molecule has 1 aliphatic rings. The molecule has 0 fully saturated rings. The number of fused-ring (bicyclic) bond motifs is 4. The van der Waals surface area contributed by atoms with Gasteiger partial charge in [-0.25, -0.2) is 0 Å². The van der Waals surface area contributed by atoms with Crippen LogP contribution < -0.4 is 14.5 Å². The largest absolute Gasteiger partial charge is 0.464 e. The fraction of sp³-hybridized carbons (Fsp3) is 0.0455. The van der Waals surface area contributed by atoms with E-state index in [9.17, 15) is 0 Å². The molecule has 48 heavy (non-hydrogen) atoms. The van der Waals surface area contributed by atoms with E-state index in [4.69, 9.17) is 4.74 Å². The Labute approximate surface area is 280 Å². The van der Waals surface area contributed by atoms with Crippen LogP contribution in [0.1, 0.15) is 11.8 Å². The van der Waals surface area contributed by atoms with Gasteiger partial charge in [0.15, 0.2) is 6.23 Å². The average Bonchev–Trinajstić information content (AvgIpc) is 3.67. The van der Waals surface area contributed by atoms with Crippen LogP contribution in [0.15, 0.2) is 176 Å². The molecular formula is C44H33N3O. The summed E-state index contributed by atoms with van der Waals surface area (Å²) in [5.74, 6) is 0.927. The van der Waals surface area contributed by atoms with Crippen molar-refractivity contribution in [2.24, 2.45) is 0 Å². The zero-order valence-electron chi connectivity index (χ0n) is 26.6. The first-order chi connectivity index (χ1) is 23.7. The van der Waals surface area contributed by atoms with Crippen molar-refractivity contribution < 1.29 is 4.74 Å². The maximum absolute atomic E-state index is 6.26. The van der Waals surface area contributed by atoms with E-state index in [1.807, 2.05) is 12.1 Å². The van der Waals surface area contributed by atoms with Crippen LogP contribution in [0, 0.1) is 0 Å². The van der Waals surface area contributed by atoms with Gasteiger partial charge in [-0.1, -0.05) is 103 Å². The third kappa shape index (κ3) is 4.69. The number of ether oxygens (including phenoxy) is 1. The molecule has 0 bridgehead atoms. The fourth-order valence-corrected chi connectivity index (χ4v) is 7.09. The van der Waals surface area contributed by atoms with Gasteiger partial charge in [-0.05, 0) is 83.9 Å². The molecule has 0 N–H and O–H groups in total. The fourth-order valence-electron chi connectivity index (χ4n) is 7.09. The highest BCUT2D eigenvalue weighted by Gasteiger charge is 2.28. The Bertz CT molecular complexity index is 2340. The molecule has 0 amide bonds. The summed E-state index contributed by atoms with van der Waals surface area (Å²) >= 11 is 0. The summed E-state index contributed by atoms with van der Waals surface area (Å²) < 4.78 is 8.64. The smallest absolute Gasteiger partial charge is 0.198 e. The minimum absolute atomic E-state index is 0.123. The lowest BCUT2D eigenvalue weighted by Gasteiger charge is -2.25. The Morgan fingerprint density at radius 1 is 0.500 bits per heavy atom. The van der Waals surface area contributed by atoms with Crippen molar-refractivity contribution >= 4 is 44.6 Å². The topological polar surface area (TPSA) is 20.6 Å². The molecule has 1 atom stereocenters. The SMILES string of the molecule is CN1c2ccccc2OC1c1ccc(-c2ccc(-n3c4ccccc4c4cc(N(c5ccccc5)c5ccccc5)ccc43)cc2)cc1. The van der Waals surface area contributed by atoms with Crippen LogP contribution in [0.2, 0.25) is 0 Å². The number of hydrogen-bond acceptors (Lipinski definition) is 3. The summed E-state index contributed by atoms with van der Waals surface area (Å²) in [5.41, 5.74) is 11.5. The van der Waals surface area contributed by atoms with Crippen LogP contribution in [0.3, 0.4) is 0 Å². The number of aromatic nitrogens is 1. The average molecular weight is 620 g/mol. The number of rotatable bonds is 6. The lowest BCUT2D eigenvalue weighted by atomic mass is 10.0. The van der Waals surface area contributed by atoms with Crippen molar-refractivity contribution in [2.75, 3.05) is 16.8 Å². The van der Waals surface area contributed by atoms with Gasteiger partial charge in [-0.15, -0.1) is 0 Å². The minimum atomic E-state index is -0.123. The van der Waals surface area contributed by atoms with Crippen molar-refractivity contribution in [3.05, 3.63) is 181 Å². The van der Waals surface area contributed by atoms with E-state index in [0.29, 0.717) is 0 Å². The van der Waals surface area contributed by atoms with Crippen molar-refractivity contribution in [1.82, 2.24) is 4.57 Å². The third-order valence-corrected chi connectivity index (χ3v) is 9.43.